The van der Waals surface area contributed by atoms with E-state index in [1.54, 1.807) is 0 Å². The molecule has 4 heteroatoms. The Morgan fingerprint density at radius 3 is 2.61 bits per heavy atom. The van der Waals surface area contributed by atoms with Gasteiger partial charge in [0.1, 0.15) is 0 Å². The molecular formula is C14H20O4. The number of hydrogen-bond acceptors (Lipinski definition) is 3. The molecule has 0 aliphatic heterocycles. The van der Waals surface area contributed by atoms with Crippen LogP contribution in [-0.2, 0) is 16.1 Å². The fraction of sp³-hybridized carbons (Fsp3) is 0.500. The van der Waals surface area contributed by atoms with E-state index in [4.69, 9.17) is 9.84 Å². The number of carboxylic acid groups (broad SMARTS) is 1. The van der Waals surface area contributed by atoms with Crippen LogP contribution in [0.15, 0.2) is 30.3 Å². The summed E-state index contributed by atoms with van der Waals surface area (Å²) < 4.78 is 5.39. The van der Waals surface area contributed by atoms with Crippen molar-refractivity contribution in [3.05, 3.63) is 35.9 Å². The maximum atomic E-state index is 10.5. The Morgan fingerprint density at radius 1 is 1.33 bits per heavy atom. The summed E-state index contributed by atoms with van der Waals surface area (Å²) in [5, 5.41) is 18.3. The van der Waals surface area contributed by atoms with Gasteiger partial charge in [0.05, 0.1) is 19.3 Å². The number of carbonyl (C=O) groups is 1. The first-order valence-corrected chi connectivity index (χ1v) is 6.09. The Morgan fingerprint density at radius 2 is 2.00 bits per heavy atom. The Kier molecular flexibility index (Phi) is 6.39. The minimum Gasteiger partial charge on any atom is -0.481 e. The average Bonchev–Trinajstić information content (AvgIpc) is 2.29. The number of benzene rings is 1. The van der Waals surface area contributed by atoms with Crippen molar-refractivity contribution in [3.8, 4) is 0 Å². The third-order valence-corrected chi connectivity index (χ3v) is 2.62. The lowest BCUT2D eigenvalue weighted by molar-refractivity contribution is -0.138. The highest BCUT2D eigenvalue weighted by atomic mass is 16.5. The lowest BCUT2D eigenvalue weighted by Crippen LogP contribution is -2.19. The van der Waals surface area contributed by atoms with Crippen LogP contribution >= 0.6 is 0 Å². The van der Waals surface area contributed by atoms with Crippen molar-refractivity contribution in [2.45, 2.75) is 32.5 Å². The largest absolute Gasteiger partial charge is 0.481 e. The summed E-state index contributed by atoms with van der Waals surface area (Å²) in [6.45, 7) is 2.51. The van der Waals surface area contributed by atoms with E-state index >= 15 is 0 Å². The molecule has 2 N–H and O–H groups in total. The van der Waals surface area contributed by atoms with E-state index in [0.717, 1.165) is 5.56 Å². The van der Waals surface area contributed by atoms with Crippen molar-refractivity contribution in [1.29, 1.82) is 0 Å². The minimum atomic E-state index is -0.833. The van der Waals surface area contributed by atoms with Crippen molar-refractivity contribution in [1.82, 2.24) is 0 Å². The molecule has 1 aromatic rings. The van der Waals surface area contributed by atoms with Gasteiger partial charge >= 0.3 is 5.97 Å². The highest BCUT2D eigenvalue weighted by molar-refractivity contribution is 5.66. The molecule has 0 bridgehead atoms. The number of rotatable bonds is 8. The van der Waals surface area contributed by atoms with Gasteiger partial charge in [0, 0.05) is 6.42 Å². The van der Waals surface area contributed by atoms with E-state index in [2.05, 4.69) is 0 Å². The number of aliphatic hydroxyl groups is 1. The van der Waals surface area contributed by atoms with Crippen molar-refractivity contribution in [3.63, 3.8) is 0 Å². The minimum absolute atomic E-state index is 0.0437. The summed E-state index contributed by atoms with van der Waals surface area (Å²) in [4.78, 5) is 10.5. The van der Waals surface area contributed by atoms with Crippen LogP contribution in [0.2, 0.25) is 0 Å². The van der Waals surface area contributed by atoms with Crippen LogP contribution in [0.3, 0.4) is 0 Å². The Balaban J connectivity index is 2.17. The zero-order chi connectivity index (χ0) is 13.4. The van der Waals surface area contributed by atoms with Gasteiger partial charge in [0.2, 0.25) is 0 Å². The van der Waals surface area contributed by atoms with Crippen LogP contribution in [0, 0.1) is 5.92 Å². The Labute approximate surface area is 107 Å². The first kappa shape index (κ1) is 14.7. The van der Waals surface area contributed by atoms with Gasteiger partial charge in [-0.05, 0) is 17.9 Å². The first-order chi connectivity index (χ1) is 8.58. The van der Waals surface area contributed by atoms with Crippen molar-refractivity contribution in [2.75, 3.05) is 6.61 Å². The molecule has 0 aliphatic rings. The van der Waals surface area contributed by atoms with E-state index in [1.807, 2.05) is 37.3 Å². The molecule has 0 saturated heterocycles. The quantitative estimate of drug-likeness (QED) is 0.743. The second kappa shape index (κ2) is 7.84. The molecule has 0 fully saturated rings. The molecule has 0 amide bonds. The van der Waals surface area contributed by atoms with Crippen molar-refractivity contribution >= 4 is 5.97 Å². The van der Waals surface area contributed by atoms with Crippen LogP contribution in [0.5, 0.6) is 0 Å². The lowest BCUT2D eigenvalue weighted by atomic mass is 10.0. The molecule has 4 nitrogen and oxygen atoms in total. The smallest absolute Gasteiger partial charge is 0.303 e. The standard InChI is InChI=1S/C14H20O4/c1-11(8-14(16)17)7-13(15)10-18-9-12-5-3-2-4-6-12/h2-6,11,13,15H,7-10H2,1H3,(H,16,17)/t11-,13+/m0/s1. The van der Waals surface area contributed by atoms with Crippen LogP contribution in [0.4, 0.5) is 0 Å². The number of hydrogen-bond donors (Lipinski definition) is 2. The van der Waals surface area contributed by atoms with Gasteiger partial charge < -0.3 is 14.9 Å². The summed E-state index contributed by atoms with van der Waals surface area (Å²) in [5.41, 5.74) is 1.06. The zero-order valence-corrected chi connectivity index (χ0v) is 10.6. The fourth-order valence-corrected chi connectivity index (χ4v) is 1.80. The normalized spacial score (nSPS) is 14.1. The average molecular weight is 252 g/mol. The Hall–Kier alpha value is -1.39. The molecule has 0 unspecified atom stereocenters. The summed E-state index contributed by atoms with van der Waals surface area (Å²) in [7, 11) is 0. The van der Waals surface area contributed by atoms with Gasteiger partial charge in [-0.25, -0.2) is 0 Å². The summed E-state index contributed by atoms with van der Waals surface area (Å²) in [5.74, 6) is -0.877. The second-order valence-electron chi connectivity index (χ2n) is 4.59. The van der Waals surface area contributed by atoms with Crippen LogP contribution in [0.1, 0.15) is 25.3 Å². The number of carboxylic acids is 1. The van der Waals surface area contributed by atoms with E-state index in [0.29, 0.717) is 13.0 Å². The zero-order valence-electron chi connectivity index (χ0n) is 10.6. The van der Waals surface area contributed by atoms with E-state index in [1.165, 1.54) is 0 Å². The number of ether oxygens (including phenoxy) is 1. The summed E-state index contributed by atoms with van der Waals surface area (Å²) in [6.07, 6.45) is -0.0836. The fourth-order valence-electron chi connectivity index (χ4n) is 1.80. The lowest BCUT2D eigenvalue weighted by Gasteiger charge is -2.15. The highest BCUT2D eigenvalue weighted by Crippen LogP contribution is 2.11. The molecule has 0 spiro atoms. The summed E-state index contributed by atoms with van der Waals surface area (Å²) in [6, 6.07) is 9.72. The Bertz CT molecular complexity index is 350. The van der Waals surface area contributed by atoms with Gasteiger partial charge in [-0.15, -0.1) is 0 Å². The van der Waals surface area contributed by atoms with E-state index in [-0.39, 0.29) is 18.9 Å². The molecule has 2 atom stereocenters. The van der Waals surface area contributed by atoms with Gasteiger partial charge in [-0.3, -0.25) is 4.79 Å². The van der Waals surface area contributed by atoms with Gasteiger partial charge in [-0.1, -0.05) is 37.3 Å². The maximum absolute atomic E-state index is 10.5. The second-order valence-corrected chi connectivity index (χ2v) is 4.59. The SMILES string of the molecule is C[C@H](CC(=O)O)C[C@@H](O)COCc1ccccc1. The molecule has 1 rings (SSSR count). The van der Waals surface area contributed by atoms with Gasteiger partial charge in [0.15, 0.2) is 0 Å². The molecule has 0 aromatic heterocycles. The molecule has 18 heavy (non-hydrogen) atoms. The predicted molar refractivity (Wildman–Crippen MR) is 68.1 cm³/mol. The number of aliphatic hydroxyl groups excluding tert-OH is 1. The molecule has 0 aliphatic carbocycles. The van der Waals surface area contributed by atoms with Crippen LogP contribution in [-0.4, -0.2) is 28.9 Å². The van der Waals surface area contributed by atoms with Crippen LogP contribution in [0.25, 0.3) is 0 Å². The van der Waals surface area contributed by atoms with E-state index < -0.39 is 12.1 Å². The maximum Gasteiger partial charge on any atom is 0.303 e. The predicted octanol–water partition coefficient (Wildman–Crippen LogP) is 2.06. The third-order valence-electron chi connectivity index (χ3n) is 2.62. The summed E-state index contributed by atoms with van der Waals surface area (Å²) >= 11 is 0. The molecule has 0 heterocycles. The molecular weight excluding hydrogens is 232 g/mol. The number of aliphatic carboxylic acids is 1. The monoisotopic (exact) mass is 252 g/mol. The van der Waals surface area contributed by atoms with E-state index in [9.17, 15) is 9.90 Å². The first-order valence-electron chi connectivity index (χ1n) is 6.09. The van der Waals surface area contributed by atoms with Crippen molar-refractivity contribution < 1.29 is 19.7 Å². The molecule has 0 radical (unpaired) electrons. The van der Waals surface area contributed by atoms with Gasteiger partial charge in [-0.2, -0.15) is 0 Å². The van der Waals surface area contributed by atoms with Crippen LogP contribution < -0.4 is 0 Å². The highest BCUT2D eigenvalue weighted by Gasteiger charge is 2.13. The molecule has 1 aromatic carbocycles. The van der Waals surface area contributed by atoms with Crippen molar-refractivity contribution in [2.24, 2.45) is 5.92 Å². The van der Waals surface area contributed by atoms with Gasteiger partial charge in [0.25, 0.3) is 0 Å². The third kappa shape index (κ3) is 6.37. The molecule has 0 saturated carbocycles. The topological polar surface area (TPSA) is 66.8 Å². The molecule has 100 valence electrons.